The second kappa shape index (κ2) is 10.2. The lowest BCUT2D eigenvalue weighted by atomic mass is 9.73. The highest BCUT2D eigenvalue weighted by Gasteiger charge is 2.44. The van der Waals surface area contributed by atoms with Crippen molar-refractivity contribution in [2.75, 3.05) is 13.1 Å². The van der Waals surface area contributed by atoms with E-state index in [9.17, 15) is 22.8 Å². The molecule has 2 aromatic carbocycles. The Balaban J connectivity index is 1.41. The Kier molecular flexibility index (Phi) is 7.08. The van der Waals surface area contributed by atoms with Crippen LogP contribution < -0.4 is 10.6 Å². The number of nitrogens with one attached hydrogen (secondary N) is 2. The number of halogens is 3. The van der Waals surface area contributed by atoms with E-state index < -0.39 is 23.2 Å². The Bertz CT molecular complexity index is 1310. The molecule has 0 radical (unpaired) electrons. The van der Waals surface area contributed by atoms with Crippen molar-refractivity contribution in [3.05, 3.63) is 89.0 Å². The molecule has 3 aliphatic rings. The number of nitrogens with zero attached hydrogens (tertiary/aromatic N) is 1. The van der Waals surface area contributed by atoms with Gasteiger partial charge in [0.05, 0.1) is 11.5 Å². The molecule has 39 heavy (non-hydrogen) atoms. The third kappa shape index (κ3) is 6.05. The van der Waals surface area contributed by atoms with Crippen molar-refractivity contribution in [2.45, 2.75) is 57.3 Å². The third-order valence-electron chi connectivity index (χ3n) is 7.68. The molecule has 8 heteroatoms. The van der Waals surface area contributed by atoms with Crippen LogP contribution >= 0.6 is 0 Å². The summed E-state index contributed by atoms with van der Waals surface area (Å²) in [7, 11) is 0. The average Bonchev–Trinajstić information content (AvgIpc) is 3.65. The standard InChI is InChI=1S/C31H34F3N3O2/c1-30(2,3)36-29(39)37-15-14-23-22(20-10-7-11-21(16-20)31(32,33)34)12-13-24(26(23)18-37)28(38)35-27-17-25(27)19-8-5-4-6-9-19/h4-13,16,24-27H,14-15,17-18H2,1-3H3,(H,35,38)(H,36,39)/t24?,25?,26?,27-/m1/s1. The van der Waals surface area contributed by atoms with Gasteiger partial charge in [-0.3, -0.25) is 4.79 Å². The largest absolute Gasteiger partial charge is 0.416 e. The number of rotatable bonds is 4. The Morgan fingerprint density at radius 3 is 2.41 bits per heavy atom. The zero-order chi connectivity index (χ0) is 27.9. The number of likely N-dealkylation sites (tertiary alicyclic amines) is 1. The summed E-state index contributed by atoms with van der Waals surface area (Å²) in [6, 6.07) is 15.2. The molecule has 5 nitrogen and oxygen atoms in total. The Morgan fingerprint density at radius 1 is 0.974 bits per heavy atom. The molecule has 0 bridgehead atoms. The van der Waals surface area contributed by atoms with Gasteiger partial charge < -0.3 is 15.5 Å². The molecule has 2 aromatic rings. The van der Waals surface area contributed by atoms with Crippen LogP contribution in [-0.4, -0.2) is 41.5 Å². The van der Waals surface area contributed by atoms with Gasteiger partial charge in [-0.05, 0) is 62.4 Å². The van der Waals surface area contributed by atoms with E-state index in [1.807, 2.05) is 39.0 Å². The van der Waals surface area contributed by atoms with Crippen LogP contribution in [0, 0.1) is 11.8 Å². The number of allylic oxidation sites excluding steroid dienone is 2. The third-order valence-corrected chi connectivity index (χ3v) is 7.68. The number of fused-ring (bicyclic) bond motifs is 1. The summed E-state index contributed by atoms with van der Waals surface area (Å²) < 4.78 is 40.4. The maximum atomic E-state index is 13.6. The molecule has 1 aliphatic heterocycles. The fourth-order valence-corrected chi connectivity index (χ4v) is 5.69. The smallest absolute Gasteiger partial charge is 0.352 e. The summed E-state index contributed by atoms with van der Waals surface area (Å²) in [5, 5.41) is 6.18. The molecule has 206 valence electrons. The molecule has 3 amide bonds. The molecule has 3 unspecified atom stereocenters. The lowest BCUT2D eigenvalue weighted by molar-refractivity contribution is -0.137. The quantitative estimate of drug-likeness (QED) is 0.492. The molecule has 5 rings (SSSR count). The van der Waals surface area contributed by atoms with Crippen LogP contribution in [0.5, 0.6) is 0 Å². The lowest BCUT2D eigenvalue weighted by Crippen LogP contribution is -2.53. The van der Waals surface area contributed by atoms with Gasteiger partial charge in [0.1, 0.15) is 0 Å². The number of alkyl halides is 3. The van der Waals surface area contributed by atoms with Crippen molar-refractivity contribution in [1.82, 2.24) is 15.5 Å². The number of hydrogen-bond acceptors (Lipinski definition) is 2. The van der Waals surface area contributed by atoms with Crippen LogP contribution in [0.1, 0.15) is 56.2 Å². The zero-order valence-corrected chi connectivity index (χ0v) is 22.4. The number of amides is 3. The molecule has 2 N–H and O–H groups in total. The van der Waals surface area contributed by atoms with Crippen molar-refractivity contribution in [2.24, 2.45) is 11.8 Å². The fraction of sp³-hybridized carbons (Fsp3) is 0.419. The number of piperidine rings is 1. The Labute approximate surface area is 227 Å². The van der Waals surface area contributed by atoms with Crippen molar-refractivity contribution in [1.29, 1.82) is 0 Å². The minimum absolute atomic E-state index is 0.0504. The van der Waals surface area contributed by atoms with E-state index in [2.05, 4.69) is 22.8 Å². The molecule has 2 aliphatic carbocycles. The van der Waals surface area contributed by atoms with Gasteiger partial charge in [-0.2, -0.15) is 13.2 Å². The molecule has 1 saturated carbocycles. The first kappa shape index (κ1) is 27.0. The minimum Gasteiger partial charge on any atom is -0.352 e. The molecular formula is C31H34F3N3O2. The molecule has 1 saturated heterocycles. The zero-order valence-electron chi connectivity index (χ0n) is 22.4. The van der Waals surface area contributed by atoms with Crippen molar-refractivity contribution < 1.29 is 22.8 Å². The van der Waals surface area contributed by atoms with Gasteiger partial charge in [-0.15, -0.1) is 0 Å². The first-order valence-corrected chi connectivity index (χ1v) is 13.4. The maximum Gasteiger partial charge on any atom is 0.416 e. The normalized spacial score (nSPS) is 24.7. The molecule has 0 spiro atoms. The molecular weight excluding hydrogens is 503 g/mol. The van der Waals surface area contributed by atoms with Gasteiger partial charge in [0.15, 0.2) is 0 Å². The van der Waals surface area contributed by atoms with Crippen LogP contribution in [0.4, 0.5) is 18.0 Å². The lowest BCUT2D eigenvalue weighted by Gasteiger charge is -2.41. The summed E-state index contributed by atoms with van der Waals surface area (Å²) in [5.74, 6) is -0.679. The molecule has 2 fully saturated rings. The summed E-state index contributed by atoms with van der Waals surface area (Å²) in [6.07, 6.45) is 0.491. The molecule has 1 heterocycles. The van der Waals surface area contributed by atoms with Gasteiger partial charge in [-0.1, -0.05) is 60.2 Å². The first-order valence-electron chi connectivity index (χ1n) is 13.4. The van der Waals surface area contributed by atoms with Crippen LogP contribution in [-0.2, 0) is 11.0 Å². The second-order valence-corrected chi connectivity index (χ2v) is 11.8. The predicted octanol–water partition coefficient (Wildman–Crippen LogP) is 6.15. The second-order valence-electron chi connectivity index (χ2n) is 11.8. The predicted molar refractivity (Wildman–Crippen MR) is 145 cm³/mol. The van der Waals surface area contributed by atoms with Crippen molar-refractivity contribution >= 4 is 17.5 Å². The number of benzene rings is 2. The Hall–Kier alpha value is -3.55. The van der Waals surface area contributed by atoms with Crippen LogP contribution in [0.15, 0.2) is 72.3 Å². The van der Waals surface area contributed by atoms with Gasteiger partial charge in [-0.25, -0.2) is 4.79 Å². The SMILES string of the molecule is CC(C)(C)NC(=O)N1CCC2=C(c3cccc(C(F)(F)F)c3)C=CC(C(=O)N[C@@H]3CC3c3ccccc3)C2C1. The van der Waals surface area contributed by atoms with E-state index in [1.165, 1.54) is 11.6 Å². The van der Waals surface area contributed by atoms with Crippen molar-refractivity contribution in [3.8, 4) is 0 Å². The van der Waals surface area contributed by atoms with Crippen LogP contribution in [0.2, 0.25) is 0 Å². The summed E-state index contributed by atoms with van der Waals surface area (Å²) in [5.41, 5.74) is 2.17. The van der Waals surface area contributed by atoms with E-state index >= 15 is 0 Å². The number of hydrogen-bond donors (Lipinski definition) is 2. The number of carbonyl (C=O) groups is 2. The Morgan fingerprint density at radius 2 is 1.72 bits per heavy atom. The van der Waals surface area contributed by atoms with Crippen LogP contribution in [0.3, 0.4) is 0 Å². The van der Waals surface area contributed by atoms with Gasteiger partial charge in [0.2, 0.25) is 5.91 Å². The number of urea groups is 1. The first-order chi connectivity index (χ1) is 18.4. The van der Waals surface area contributed by atoms with E-state index in [4.69, 9.17) is 0 Å². The monoisotopic (exact) mass is 537 g/mol. The highest BCUT2D eigenvalue weighted by molar-refractivity contribution is 5.88. The maximum absolute atomic E-state index is 13.6. The average molecular weight is 538 g/mol. The summed E-state index contributed by atoms with van der Waals surface area (Å²) >= 11 is 0. The fourth-order valence-electron chi connectivity index (χ4n) is 5.69. The topological polar surface area (TPSA) is 61.4 Å². The summed E-state index contributed by atoms with van der Waals surface area (Å²) in [6.45, 7) is 6.46. The van der Waals surface area contributed by atoms with Crippen molar-refractivity contribution in [3.63, 3.8) is 0 Å². The number of carbonyl (C=O) groups excluding carboxylic acids is 2. The van der Waals surface area contributed by atoms with E-state index in [0.29, 0.717) is 30.6 Å². The molecule has 0 aromatic heterocycles. The van der Waals surface area contributed by atoms with Gasteiger partial charge >= 0.3 is 12.2 Å². The summed E-state index contributed by atoms with van der Waals surface area (Å²) in [4.78, 5) is 28.3. The highest BCUT2D eigenvalue weighted by Crippen LogP contribution is 2.44. The minimum atomic E-state index is -4.45. The molecule has 4 atom stereocenters. The van der Waals surface area contributed by atoms with E-state index in [-0.39, 0.29) is 29.8 Å². The highest BCUT2D eigenvalue weighted by atomic mass is 19.4. The van der Waals surface area contributed by atoms with Crippen LogP contribution in [0.25, 0.3) is 5.57 Å². The van der Waals surface area contributed by atoms with Gasteiger partial charge in [0, 0.05) is 36.5 Å². The van der Waals surface area contributed by atoms with E-state index in [1.54, 1.807) is 23.1 Å². The van der Waals surface area contributed by atoms with Gasteiger partial charge in [0.25, 0.3) is 0 Å². The van der Waals surface area contributed by atoms with E-state index in [0.717, 1.165) is 24.1 Å².